The van der Waals surface area contributed by atoms with Crippen LogP contribution in [0.25, 0.3) is 11.0 Å². The number of carbonyl (C=O) groups excluding carboxylic acids is 3. The molecular formula is C28H28N4O4. The molecule has 2 aliphatic rings. The molecule has 5 rings (SSSR count). The van der Waals surface area contributed by atoms with Gasteiger partial charge in [0.2, 0.25) is 5.91 Å². The number of para-hydroxylation sites is 2. The SMILES string of the molecule is N#Cc1ccccc1N1CCC(NC(=O)C2(NC(=O)c3cc4ccccc4o3)CCCCC2)C(=O)C1. The second-order valence-electron chi connectivity index (χ2n) is 9.58. The van der Waals surface area contributed by atoms with Crippen molar-refractivity contribution < 1.29 is 18.8 Å². The van der Waals surface area contributed by atoms with Gasteiger partial charge in [-0.3, -0.25) is 14.4 Å². The largest absolute Gasteiger partial charge is 0.451 e. The summed E-state index contributed by atoms with van der Waals surface area (Å²) in [5.74, 6) is -0.709. The molecule has 1 aliphatic carbocycles. The number of nitriles is 1. The van der Waals surface area contributed by atoms with Crippen molar-refractivity contribution in [3.8, 4) is 6.07 Å². The second-order valence-corrected chi connectivity index (χ2v) is 9.58. The zero-order valence-corrected chi connectivity index (χ0v) is 20.0. The van der Waals surface area contributed by atoms with Crippen LogP contribution in [0, 0.1) is 11.3 Å². The number of fused-ring (bicyclic) bond motifs is 1. The van der Waals surface area contributed by atoms with Gasteiger partial charge in [0, 0.05) is 11.9 Å². The number of amides is 2. The average molecular weight is 485 g/mol. The Bertz CT molecular complexity index is 1320. The minimum absolute atomic E-state index is 0.113. The maximum Gasteiger partial charge on any atom is 0.287 e. The van der Waals surface area contributed by atoms with Crippen molar-refractivity contribution in [1.29, 1.82) is 5.26 Å². The summed E-state index contributed by atoms with van der Waals surface area (Å²) in [7, 11) is 0. The van der Waals surface area contributed by atoms with Crippen molar-refractivity contribution in [2.24, 2.45) is 0 Å². The summed E-state index contributed by atoms with van der Waals surface area (Å²) in [4.78, 5) is 41.6. The maximum atomic E-state index is 13.6. The van der Waals surface area contributed by atoms with Crippen LogP contribution in [0.3, 0.4) is 0 Å². The number of rotatable bonds is 5. The minimum atomic E-state index is -1.08. The van der Waals surface area contributed by atoms with E-state index in [0.29, 0.717) is 37.0 Å². The third-order valence-electron chi connectivity index (χ3n) is 7.24. The van der Waals surface area contributed by atoms with E-state index in [2.05, 4.69) is 16.7 Å². The molecule has 36 heavy (non-hydrogen) atoms. The van der Waals surface area contributed by atoms with Gasteiger partial charge in [0.1, 0.15) is 17.2 Å². The first-order chi connectivity index (χ1) is 17.5. The monoisotopic (exact) mass is 484 g/mol. The number of carbonyl (C=O) groups is 3. The normalized spacial score (nSPS) is 19.5. The lowest BCUT2D eigenvalue weighted by Gasteiger charge is -2.39. The number of ketones is 1. The summed E-state index contributed by atoms with van der Waals surface area (Å²) in [5, 5.41) is 16.1. The van der Waals surface area contributed by atoms with Crippen LogP contribution in [0.2, 0.25) is 0 Å². The number of hydrogen-bond acceptors (Lipinski definition) is 6. The number of hydrogen-bond donors (Lipinski definition) is 2. The number of Topliss-reactive ketones (excluding diaryl/α,β-unsaturated/α-hetero) is 1. The zero-order valence-electron chi connectivity index (χ0n) is 20.0. The number of piperidine rings is 1. The van der Waals surface area contributed by atoms with E-state index in [1.807, 2.05) is 35.2 Å². The topological polar surface area (TPSA) is 115 Å². The van der Waals surface area contributed by atoms with Gasteiger partial charge in [-0.15, -0.1) is 0 Å². The Morgan fingerprint density at radius 1 is 1.06 bits per heavy atom. The third kappa shape index (κ3) is 4.57. The van der Waals surface area contributed by atoms with Crippen molar-refractivity contribution in [3.63, 3.8) is 0 Å². The van der Waals surface area contributed by atoms with Crippen LogP contribution in [-0.2, 0) is 9.59 Å². The number of nitrogens with one attached hydrogen (secondary N) is 2. The zero-order chi connectivity index (χ0) is 25.1. The molecule has 2 amide bonds. The molecule has 1 aliphatic heterocycles. The summed E-state index contributed by atoms with van der Waals surface area (Å²) in [6.45, 7) is 0.649. The van der Waals surface area contributed by atoms with Gasteiger partial charge >= 0.3 is 0 Å². The fourth-order valence-electron chi connectivity index (χ4n) is 5.26. The van der Waals surface area contributed by atoms with Crippen molar-refractivity contribution in [1.82, 2.24) is 10.6 Å². The van der Waals surface area contributed by atoms with Gasteiger partial charge in [0.05, 0.1) is 23.8 Å². The number of anilines is 1. The number of nitrogens with zero attached hydrogens (tertiary/aromatic N) is 2. The Morgan fingerprint density at radius 3 is 2.56 bits per heavy atom. The maximum absolute atomic E-state index is 13.6. The van der Waals surface area contributed by atoms with Gasteiger partial charge in [0.25, 0.3) is 5.91 Å². The molecule has 0 bridgehead atoms. The quantitative estimate of drug-likeness (QED) is 0.571. The molecule has 184 valence electrons. The molecule has 3 aromatic rings. The summed E-state index contributed by atoms with van der Waals surface area (Å²) in [5.41, 5.74) is 0.765. The molecule has 2 heterocycles. The van der Waals surface area contributed by atoms with E-state index in [-0.39, 0.29) is 24.0 Å². The van der Waals surface area contributed by atoms with Gasteiger partial charge in [-0.2, -0.15) is 5.26 Å². The van der Waals surface area contributed by atoms with Gasteiger partial charge in [-0.1, -0.05) is 49.6 Å². The number of benzene rings is 2. The van der Waals surface area contributed by atoms with E-state index in [9.17, 15) is 19.6 Å². The van der Waals surface area contributed by atoms with Crippen LogP contribution in [0.4, 0.5) is 5.69 Å². The van der Waals surface area contributed by atoms with Crippen molar-refractivity contribution in [2.45, 2.75) is 50.1 Å². The summed E-state index contributed by atoms with van der Waals surface area (Å²) < 4.78 is 5.71. The molecule has 2 aromatic carbocycles. The Kier molecular flexibility index (Phi) is 6.47. The lowest BCUT2D eigenvalue weighted by Crippen LogP contribution is -2.63. The van der Waals surface area contributed by atoms with E-state index in [1.165, 1.54) is 0 Å². The van der Waals surface area contributed by atoms with Crippen LogP contribution in [-0.4, -0.2) is 42.3 Å². The van der Waals surface area contributed by atoms with E-state index in [4.69, 9.17) is 4.42 Å². The van der Waals surface area contributed by atoms with E-state index >= 15 is 0 Å². The molecule has 8 nitrogen and oxygen atoms in total. The predicted molar refractivity (Wildman–Crippen MR) is 134 cm³/mol. The predicted octanol–water partition coefficient (Wildman–Crippen LogP) is 3.70. The molecule has 2 fully saturated rings. The van der Waals surface area contributed by atoms with Gasteiger partial charge in [-0.25, -0.2) is 0 Å². The van der Waals surface area contributed by atoms with Gasteiger partial charge in [0.15, 0.2) is 11.5 Å². The molecule has 2 N–H and O–H groups in total. The van der Waals surface area contributed by atoms with E-state index in [1.54, 1.807) is 24.3 Å². The van der Waals surface area contributed by atoms with Crippen LogP contribution >= 0.6 is 0 Å². The summed E-state index contributed by atoms with van der Waals surface area (Å²) >= 11 is 0. The van der Waals surface area contributed by atoms with Crippen LogP contribution in [0.1, 0.15) is 54.6 Å². The smallest absolute Gasteiger partial charge is 0.287 e. The average Bonchev–Trinajstić information content (AvgIpc) is 3.35. The lowest BCUT2D eigenvalue weighted by atomic mass is 9.80. The third-order valence-corrected chi connectivity index (χ3v) is 7.24. The van der Waals surface area contributed by atoms with Crippen LogP contribution < -0.4 is 15.5 Å². The molecule has 1 atom stereocenters. The molecule has 0 spiro atoms. The van der Waals surface area contributed by atoms with E-state index < -0.39 is 17.5 Å². The first-order valence-corrected chi connectivity index (χ1v) is 12.4. The fraction of sp³-hybridized carbons (Fsp3) is 0.357. The second kappa shape index (κ2) is 9.86. The molecule has 1 aromatic heterocycles. The Morgan fingerprint density at radius 2 is 1.81 bits per heavy atom. The van der Waals surface area contributed by atoms with Gasteiger partial charge in [-0.05, 0) is 43.5 Å². The first kappa shape index (κ1) is 23.6. The van der Waals surface area contributed by atoms with Crippen molar-refractivity contribution in [3.05, 3.63) is 65.9 Å². The highest BCUT2D eigenvalue weighted by Gasteiger charge is 2.43. The molecule has 1 unspecified atom stereocenters. The summed E-state index contributed by atoms with van der Waals surface area (Å²) in [6, 6.07) is 17.8. The molecule has 0 radical (unpaired) electrons. The lowest BCUT2D eigenvalue weighted by molar-refractivity contribution is -0.133. The van der Waals surface area contributed by atoms with Gasteiger partial charge < -0.3 is 20.0 Å². The van der Waals surface area contributed by atoms with E-state index in [0.717, 1.165) is 30.3 Å². The number of furan rings is 1. The van der Waals surface area contributed by atoms with Crippen molar-refractivity contribution >= 4 is 34.3 Å². The van der Waals surface area contributed by atoms with Crippen molar-refractivity contribution in [2.75, 3.05) is 18.0 Å². The highest BCUT2D eigenvalue weighted by molar-refractivity contribution is 6.01. The minimum Gasteiger partial charge on any atom is -0.451 e. The van der Waals surface area contributed by atoms with Crippen LogP contribution in [0.5, 0.6) is 0 Å². The Hall–Kier alpha value is -4.12. The first-order valence-electron chi connectivity index (χ1n) is 12.4. The molecule has 1 saturated carbocycles. The highest BCUT2D eigenvalue weighted by Crippen LogP contribution is 2.30. The molecular weight excluding hydrogens is 456 g/mol. The van der Waals surface area contributed by atoms with Crippen LogP contribution in [0.15, 0.2) is 59.0 Å². The Balaban J connectivity index is 1.29. The molecule has 1 saturated heterocycles. The molecule has 8 heteroatoms. The summed E-state index contributed by atoms with van der Waals surface area (Å²) in [6.07, 6.45) is 4.06. The Labute approximate surface area is 209 Å². The highest BCUT2D eigenvalue weighted by atomic mass is 16.3. The fourth-order valence-corrected chi connectivity index (χ4v) is 5.26. The standard InChI is InChI=1S/C28H28N4O4/c29-17-20-9-2-4-10-22(20)32-15-12-21(23(33)18-32)30-27(35)28(13-6-1-7-14-28)31-26(34)25-16-19-8-3-5-11-24(19)36-25/h2-5,8-11,16,21H,1,6-7,12-15,18H2,(H,30,35)(H,31,34).